The minimum atomic E-state index is -1.36. The lowest BCUT2D eigenvalue weighted by Crippen LogP contribution is -2.34. The molecule has 1 unspecified atom stereocenters. The molecule has 0 spiro atoms. The van der Waals surface area contributed by atoms with Gasteiger partial charge >= 0.3 is 0 Å². The van der Waals surface area contributed by atoms with Crippen LogP contribution in [0, 0.1) is 0 Å². The zero-order valence-corrected chi connectivity index (χ0v) is 6.70. The van der Waals surface area contributed by atoms with E-state index in [9.17, 15) is 4.39 Å². The number of hydrogen-bond donors (Lipinski definition) is 1. The standard InChI is InChI=1S/C7H13ClFN/c8-7(9)10-6-4-2-1-3-5-6/h6-7,10H,1-5H2. The van der Waals surface area contributed by atoms with E-state index in [1.807, 2.05) is 0 Å². The van der Waals surface area contributed by atoms with Crippen LogP contribution < -0.4 is 5.32 Å². The Labute approximate surface area is 65.9 Å². The summed E-state index contributed by atoms with van der Waals surface area (Å²) >= 11 is 5.13. The van der Waals surface area contributed by atoms with Crippen LogP contribution in [0.1, 0.15) is 32.1 Å². The Morgan fingerprint density at radius 3 is 2.40 bits per heavy atom. The molecule has 0 bridgehead atoms. The summed E-state index contributed by atoms with van der Waals surface area (Å²) in [6.07, 6.45) is 5.86. The Bertz CT molecular complexity index is 91.6. The Balaban J connectivity index is 2.13. The summed E-state index contributed by atoms with van der Waals surface area (Å²) < 4.78 is 12.1. The molecule has 0 aromatic rings. The Morgan fingerprint density at radius 2 is 1.90 bits per heavy atom. The molecule has 0 saturated heterocycles. The van der Waals surface area contributed by atoms with E-state index in [0.717, 1.165) is 12.8 Å². The van der Waals surface area contributed by atoms with E-state index in [-0.39, 0.29) is 0 Å². The first-order valence-electron chi connectivity index (χ1n) is 3.83. The lowest BCUT2D eigenvalue weighted by atomic mass is 9.96. The fraction of sp³-hybridized carbons (Fsp3) is 1.00. The number of rotatable bonds is 2. The molecule has 0 aromatic heterocycles. The zero-order valence-electron chi connectivity index (χ0n) is 5.95. The third-order valence-corrected chi connectivity index (χ3v) is 2.09. The highest BCUT2D eigenvalue weighted by Crippen LogP contribution is 2.18. The van der Waals surface area contributed by atoms with Crippen LogP contribution >= 0.6 is 11.6 Å². The summed E-state index contributed by atoms with van der Waals surface area (Å²) in [6.45, 7) is 0. The second-order valence-electron chi connectivity index (χ2n) is 2.80. The van der Waals surface area contributed by atoms with Crippen LogP contribution in [0.15, 0.2) is 0 Å². The van der Waals surface area contributed by atoms with Gasteiger partial charge in [0.1, 0.15) is 0 Å². The minimum Gasteiger partial charge on any atom is -0.272 e. The molecule has 0 aliphatic heterocycles. The van der Waals surface area contributed by atoms with E-state index in [1.54, 1.807) is 0 Å². The van der Waals surface area contributed by atoms with Gasteiger partial charge in [0.05, 0.1) is 0 Å². The number of nitrogens with one attached hydrogen (secondary N) is 1. The SMILES string of the molecule is FC(Cl)NC1CCCCC1. The van der Waals surface area contributed by atoms with Gasteiger partial charge in [-0.05, 0) is 12.8 Å². The maximum atomic E-state index is 12.1. The molecule has 0 aromatic carbocycles. The summed E-state index contributed by atoms with van der Waals surface area (Å²) in [6, 6.07) is 0.321. The van der Waals surface area contributed by atoms with Crippen LogP contribution in [0.3, 0.4) is 0 Å². The monoisotopic (exact) mass is 165 g/mol. The van der Waals surface area contributed by atoms with Crippen LogP contribution in [0.25, 0.3) is 0 Å². The summed E-state index contributed by atoms with van der Waals surface area (Å²) in [5, 5.41) is 2.68. The highest BCUT2D eigenvalue weighted by atomic mass is 35.5. The van der Waals surface area contributed by atoms with Crippen molar-refractivity contribution in [2.75, 3.05) is 0 Å². The molecule has 1 atom stereocenters. The van der Waals surface area contributed by atoms with Gasteiger partial charge in [0, 0.05) is 6.04 Å². The smallest absolute Gasteiger partial charge is 0.226 e. The van der Waals surface area contributed by atoms with E-state index in [4.69, 9.17) is 11.6 Å². The molecule has 60 valence electrons. The zero-order chi connectivity index (χ0) is 7.40. The molecule has 1 N–H and O–H groups in total. The maximum Gasteiger partial charge on any atom is 0.226 e. The quantitative estimate of drug-likeness (QED) is 0.490. The Morgan fingerprint density at radius 1 is 1.30 bits per heavy atom. The van der Waals surface area contributed by atoms with E-state index in [2.05, 4.69) is 5.32 Å². The van der Waals surface area contributed by atoms with Gasteiger partial charge in [0.25, 0.3) is 0 Å². The molecule has 0 amide bonds. The normalized spacial score (nSPS) is 24.6. The van der Waals surface area contributed by atoms with Gasteiger partial charge in [-0.3, -0.25) is 5.32 Å². The van der Waals surface area contributed by atoms with Crippen LogP contribution in [-0.2, 0) is 0 Å². The lowest BCUT2D eigenvalue weighted by Gasteiger charge is -2.22. The largest absolute Gasteiger partial charge is 0.272 e. The lowest BCUT2D eigenvalue weighted by molar-refractivity contribution is 0.287. The third kappa shape index (κ3) is 2.84. The van der Waals surface area contributed by atoms with Crippen LogP contribution in [0.5, 0.6) is 0 Å². The topological polar surface area (TPSA) is 12.0 Å². The summed E-state index contributed by atoms with van der Waals surface area (Å²) in [7, 11) is 0. The molecule has 1 saturated carbocycles. The van der Waals surface area contributed by atoms with E-state index in [1.165, 1.54) is 19.3 Å². The number of halogens is 2. The van der Waals surface area contributed by atoms with E-state index in [0.29, 0.717) is 6.04 Å². The van der Waals surface area contributed by atoms with Gasteiger partial charge in [-0.25, -0.2) is 4.39 Å². The molecule has 1 nitrogen and oxygen atoms in total. The minimum absolute atomic E-state index is 0.321. The Hall–Kier alpha value is 0.180. The highest BCUT2D eigenvalue weighted by molar-refractivity contribution is 6.19. The first-order chi connectivity index (χ1) is 4.79. The molecule has 1 aliphatic carbocycles. The molecule has 3 heteroatoms. The number of hydrogen-bond acceptors (Lipinski definition) is 1. The van der Waals surface area contributed by atoms with Crippen molar-refractivity contribution in [2.45, 2.75) is 43.9 Å². The third-order valence-electron chi connectivity index (χ3n) is 1.97. The molecule has 1 rings (SSSR count). The Kier molecular flexibility index (Phi) is 3.43. The van der Waals surface area contributed by atoms with Gasteiger partial charge in [-0.1, -0.05) is 30.9 Å². The molecule has 1 aliphatic rings. The maximum absolute atomic E-state index is 12.1. The van der Waals surface area contributed by atoms with Crippen molar-refractivity contribution in [1.29, 1.82) is 0 Å². The van der Waals surface area contributed by atoms with Crippen LogP contribution in [0.2, 0.25) is 0 Å². The van der Waals surface area contributed by atoms with Crippen molar-refractivity contribution >= 4 is 11.6 Å². The fourth-order valence-electron chi connectivity index (χ4n) is 1.45. The molecule has 0 heterocycles. The highest BCUT2D eigenvalue weighted by Gasteiger charge is 2.14. The first kappa shape index (κ1) is 8.28. The average molecular weight is 166 g/mol. The molecular weight excluding hydrogens is 153 g/mol. The van der Waals surface area contributed by atoms with Crippen molar-refractivity contribution in [3.63, 3.8) is 0 Å². The van der Waals surface area contributed by atoms with Gasteiger partial charge in [0.15, 0.2) is 0 Å². The van der Waals surface area contributed by atoms with E-state index >= 15 is 0 Å². The van der Waals surface area contributed by atoms with Gasteiger partial charge < -0.3 is 0 Å². The predicted octanol–water partition coefficient (Wildman–Crippen LogP) is 2.40. The summed E-state index contributed by atoms with van der Waals surface area (Å²) in [5.74, 6) is -1.36. The van der Waals surface area contributed by atoms with Crippen LogP contribution in [0.4, 0.5) is 4.39 Å². The van der Waals surface area contributed by atoms with Gasteiger partial charge in [-0.2, -0.15) is 0 Å². The summed E-state index contributed by atoms with van der Waals surface area (Å²) in [4.78, 5) is 0. The first-order valence-corrected chi connectivity index (χ1v) is 4.27. The second kappa shape index (κ2) is 4.14. The molecule has 0 radical (unpaired) electrons. The molecule has 10 heavy (non-hydrogen) atoms. The fourth-order valence-corrected chi connectivity index (χ4v) is 1.63. The predicted molar refractivity (Wildman–Crippen MR) is 40.8 cm³/mol. The van der Waals surface area contributed by atoms with E-state index < -0.39 is 5.75 Å². The van der Waals surface area contributed by atoms with Gasteiger partial charge in [0.2, 0.25) is 5.75 Å². The van der Waals surface area contributed by atoms with Crippen molar-refractivity contribution in [3.8, 4) is 0 Å². The number of alkyl halides is 2. The summed E-state index contributed by atoms with van der Waals surface area (Å²) in [5.41, 5.74) is 0. The van der Waals surface area contributed by atoms with Crippen LogP contribution in [-0.4, -0.2) is 11.8 Å². The van der Waals surface area contributed by atoms with Gasteiger partial charge in [-0.15, -0.1) is 0 Å². The average Bonchev–Trinajstić information content (AvgIpc) is 1.88. The van der Waals surface area contributed by atoms with Crippen molar-refractivity contribution in [2.24, 2.45) is 0 Å². The molecular formula is C7H13ClFN. The second-order valence-corrected chi connectivity index (χ2v) is 3.19. The van der Waals surface area contributed by atoms with Crippen molar-refractivity contribution < 1.29 is 4.39 Å². The van der Waals surface area contributed by atoms with Crippen molar-refractivity contribution in [3.05, 3.63) is 0 Å². The molecule has 1 fully saturated rings. The van der Waals surface area contributed by atoms with Crippen molar-refractivity contribution in [1.82, 2.24) is 5.32 Å².